The lowest BCUT2D eigenvalue weighted by Gasteiger charge is -2.46. The highest BCUT2D eigenvalue weighted by molar-refractivity contribution is 8.01. The summed E-state index contributed by atoms with van der Waals surface area (Å²) < 4.78 is 31.2. The number of hydrogen-bond acceptors (Lipinski definition) is 4. The van der Waals surface area contributed by atoms with Gasteiger partial charge in [0.25, 0.3) is 10.1 Å². The summed E-state index contributed by atoms with van der Waals surface area (Å²) in [6.07, 6.45) is 1.30. The van der Waals surface area contributed by atoms with Gasteiger partial charge in [0.1, 0.15) is 0 Å². The van der Waals surface area contributed by atoms with Crippen LogP contribution in [0.25, 0.3) is 0 Å². The zero-order chi connectivity index (χ0) is 14.8. The van der Waals surface area contributed by atoms with E-state index in [-0.39, 0.29) is 6.10 Å². The highest BCUT2D eigenvalue weighted by atomic mass is 32.2. The van der Waals surface area contributed by atoms with Crippen LogP contribution in [0.15, 0.2) is 29.2 Å². The minimum absolute atomic E-state index is 0.0405. The Hall–Kier alpha value is -0.520. The Kier molecular flexibility index (Phi) is 2.19. The van der Waals surface area contributed by atoms with Crippen molar-refractivity contribution < 1.29 is 12.6 Å². The number of hydrogen-bond donors (Lipinski definition) is 0. The maximum absolute atomic E-state index is 12.7. The summed E-state index contributed by atoms with van der Waals surface area (Å²) in [5.41, 5.74) is 1.07. The monoisotopic (exact) mass is 334 g/mol. The van der Waals surface area contributed by atoms with Gasteiger partial charge in [0.05, 0.1) is 11.0 Å². The van der Waals surface area contributed by atoms with Crippen LogP contribution in [-0.4, -0.2) is 25.0 Å². The molecule has 2 bridgehead atoms. The molecule has 6 rings (SSSR count). The quantitative estimate of drug-likeness (QED) is 0.797. The van der Waals surface area contributed by atoms with Crippen LogP contribution < -0.4 is 0 Å². The lowest BCUT2D eigenvalue weighted by molar-refractivity contribution is 0.0487. The average molecular weight is 334 g/mol. The van der Waals surface area contributed by atoms with Crippen LogP contribution in [-0.2, 0) is 14.3 Å². The number of fused-ring (bicyclic) bond motifs is 2. The van der Waals surface area contributed by atoms with E-state index in [1.807, 2.05) is 19.1 Å². The van der Waals surface area contributed by atoms with Gasteiger partial charge in [0.2, 0.25) is 0 Å². The van der Waals surface area contributed by atoms with Gasteiger partial charge >= 0.3 is 0 Å². The van der Waals surface area contributed by atoms with Crippen molar-refractivity contribution in [1.29, 1.82) is 0 Å². The fourth-order valence-corrected chi connectivity index (χ4v) is 10.1. The highest BCUT2D eigenvalue weighted by Gasteiger charge is 2.82. The molecule has 5 aliphatic rings. The molecular weight excluding hydrogens is 316 g/mol. The third-order valence-corrected chi connectivity index (χ3v) is 10.3. The summed E-state index contributed by atoms with van der Waals surface area (Å²) >= 11 is 2.16. The summed E-state index contributed by atoms with van der Waals surface area (Å²) in [5, 5.41) is 1.38. The van der Waals surface area contributed by atoms with Crippen LogP contribution in [0.2, 0.25) is 0 Å². The first-order valence-corrected chi connectivity index (χ1v) is 10.6. The summed E-state index contributed by atoms with van der Waals surface area (Å²) in [6, 6.07) is 7.02. The van der Waals surface area contributed by atoms with Crippen molar-refractivity contribution in [3.8, 4) is 0 Å². The zero-order valence-corrected chi connectivity index (χ0v) is 13.9. The van der Waals surface area contributed by atoms with Crippen LogP contribution in [0.4, 0.5) is 0 Å². The van der Waals surface area contributed by atoms with Gasteiger partial charge in [-0.15, -0.1) is 0 Å². The smallest absolute Gasteiger partial charge is 0.262 e. The molecule has 0 spiro atoms. The van der Waals surface area contributed by atoms with Crippen molar-refractivity contribution in [2.45, 2.75) is 34.8 Å². The van der Waals surface area contributed by atoms with E-state index in [0.29, 0.717) is 27.2 Å². The molecule has 1 saturated heterocycles. The summed E-state index contributed by atoms with van der Waals surface area (Å²) in [4.78, 5) is 0.309. The number of benzene rings is 1. The maximum atomic E-state index is 12.7. The molecule has 1 aliphatic heterocycles. The van der Waals surface area contributed by atoms with Crippen LogP contribution in [0.3, 0.4) is 0 Å². The summed E-state index contributed by atoms with van der Waals surface area (Å²) in [5.74, 6) is 4.33. The predicted octanol–water partition coefficient (Wildman–Crippen LogP) is 2.69. The standard InChI is InChI=1S/C17H18O3S2/c1-7-2-4-8(5-3-7)22(18,19)20-15-13-9-6-10-12-11(9)14(15)17(12)21-16(10)13/h2-5,9-17H,6H2,1H3. The fourth-order valence-electron chi connectivity index (χ4n) is 6.51. The maximum Gasteiger partial charge on any atom is 0.297 e. The Labute approximate surface area is 134 Å². The van der Waals surface area contributed by atoms with Gasteiger partial charge in [0, 0.05) is 22.3 Å². The van der Waals surface area contributed by atoms with Gasteiger partial charge in [-0.3, -0.25) is 4.18 Å². The van der Waals surface area contributed by atoms with Crippen molar-refractivity contribution in [2.75, 3.05) is 0 Å². The van der Waals surface area contributed by atoms with Crippen molar-refractivity contribution >= 4 is 21.9 Å². The van der Waals surface area contributed by atoms with Gasteiger partial charge in [0.15, 0.2) is 0 Å². The van der Waals surface area contributed by atoms with Crippen LogP contribution in [0.5, 0.6) is 0 Å². The third-order valence-electron chi connectivity index (χ3n) is 7.10. The number of rotatable bonds is 3. The predicted molar refractivity (Wildman–Crippen MR) is 84.0 cm³/mol. The van der Waals surface area contributed by atoms with E-state index in [9.17, 15) is 8.42 Å². The highest BCUT2D eigenvalue weighted by Crippen LogP contribution is 2.82. The first kappa shape index (κ1) is 12.8. The Bertz CT molecular complexity index is 766. The number of thioether (sulfide) groups is 1. The second-order valence-electron chi connectivity index (χ2n) is 7.77. The molecule has 116 valence electrons. The topological polar surface area (TPSA) is 43.4 Å². The number of aryl methyl sites for hydroxylation is 1. The molecule has 1 heterocycles. The fraction of sp³-hybridized carbons (Fsp3) is 0.647. The molecule has 0 N–H and O–H groups in total. The van der Waals surface area contributed by atoms with Crippen LogP contribution >= 0.6 is 11.8 Å². The van der Waals surface area contributed by atoms with Crippen molar-refractivity contribution in [3.05, 3.63) is 29.8 Å². The molecule has 0 radical (unpaired) electrons. The van der Waals surface area contributed by atoms with E-state index in [1.165, 1.54) is 6.42 Å². The Morgan fingerprint density at radius 2 is 1.77 bits per heavy atom. The minimum Gasteiger partial charge on any atom is -0.262 e. The normalized spacial score (nSPS) is 52.5. The molecule has 9 unspecified atom stereocenters. The molecule has 0 aromatic heterocycles. The van der Waals surface area contributed by atoms with Crippen LogP contribution in [0, 0.1) is 42.4 Å². The second kappa shape index (κ2) is 3.76. The Morgan fingerprint density at radius 3 is 2.55 bits per heavy atom. The molecule has 5 fully saturated rings. The van der Waals surface area contributed by atoms with Gasteiger partial charge in [-0.2, -0.15) is 20.2 Å². The average Bonchev–Trinajstić information content (AvgIpc) is 2.98. The molecule has 0 amide bonds. The molecule has 22 heavy (non-hydrogen) atoms. The van der Waals surface area contributed by atoms with E-state index in [0.717, 1.165) is 29.2 Å². The van der Waals surface area contributed by atoms with Gasteiger partial charge in [-0.1, -0.05) is 17.7 Å². The van der Waals surface area contributed by atoms with Crippen LogP contribution in [0.1, 0.15) is 12.0 Å². The van der Waals surface area contributed by atoms with E-state index in [4.69, 9.17) is 4.18 Å². The Morgan fingerprint density at radius 1 is 1.00 bits per heavy atom. The first-order chi connectivity index (χ1) is 10.6. The van der Waals surface area contributed by atoms with Crippen molar-refractivity contribution in [1.82, 2.24) is 0 Å². The lowest BCUT2D eigenvalue weighted by Crippen LogP contribution is -2.49. The summed E-state index contributed by atoms with van der Waals surface area (Å²) in [6.45, 7) is 1.96. The lowest BCUT2D eigenvalue weighted by atomic mass is 9.64. The second-order valence-corrected chi connectivity index (χ2v) is 10.7. The minimum atomic E-state index is -3.62. The molecule has 3 nitrogen and oxygen atoms in total. The molecule has 4 aliphatic carbocycles. The van der Waals surface area contributed by atoms with Gasteiger partial charge in [-0.25, -0.2) is 0 Å². The van der Waals surface area contributed by atoms with E-state index >= 15 is 0 Å². The SMILES string of the molecule is Cc1ccc(S(=O)(=O)OC2C3C4CC5C3SC3C5C4C23)cc1. The molecule has 9 atom stereocenters. The van der Waals surface area contributed by atoms with E-state index < -0.39 is 10.1 Å². The first-order valence-electron chi connectivity index (χ1n) is 8.22. The molecule has 1 aromatic rings. The molecule has 1 aromatic carbocycles. The van der Waals surface area contributed by atoms with Gasteiger partial charge < -0.3 is 0 Å². The Balaban J connectivity index is 1.35. The molecular formula is C17H18O3S2. The van der Waals surface area contributed by atoms with Gasteiger partial charge in [-0.05, 0) is 49.1 Å². The van der Waals surface area contributed by atoms with Crippen molar-refractivity contribution in [3.63, 3.8) is 0 Å². The largest absolute Gasteiger partial charge is 0.297 e. The molecule has 4 saturated carbocycles. The zero-order valence-electron chi connectivity index (χ0n) is 12.3. The molecule has 5 heteroatoms. The van der Waals surface area contributed by atoms with E-state index in [2.05, 4.69) is 11.8 Å². The van der Waals surface area contributed by atoms with E-state index in [1.54, 1.807) is 12.1 Å². The summed E-state index contributed by atoms with van der Waals surface area (Å²) in [7, 11) is -3.62. The van der Waals surface area contributed by atoms with Crippen molar-refractivity contribution in [2.24, 2.45) is 35.5 Å². The third kappa shape index (κ3) is 1.27.